The first kappa shape index (κ1) is 22.3. The minimum absolute atomic E-state index is 0.0569. The molecule has 1 fully saturated rings. The highest BCUT2D eigenvalue weighted by atomic mass is 16.2. The number of hydrazone groups is 1. The molecular formula is C27H33N3O2. The maximum Gasteiger partial charge on any atom is 0.262 e. The number of carbonyl (C=O) groups is 2. The molecule has 32 heavy (non-hydrogen) atoms. The molecule has 4 rings (SSSR count). The smallest absolute Gasteiger partial charge is 0.262 e. The van der Waals surface area contributed by atoms with E-state index in [1.54, 1.807) is 17.0 Å². The lowest BCUT2D eigenvalue weighted by Crippen LogP contribution is -2.41. The van der Waals surface area contributed by atoms with E-state index < -0.39 is 0 Å². The second-order valence-electron chi connectivity index (χ2n) is 9.39. The van der Waals surface area contributed by atoms with Crippen LogP contribution in [0.2, 0.25) is 0 Å². The van der Waals surface area contributed by atoms with Gasteiger partial charge in [-0.25, -0.2) is 5.01 Å². The Morgan fingerprint density at radius 1 is 1.00 bits per heavy atom. The summed E-state index contributed by atoms with van der Waals surface area (Å²) in [4.78, 5) is 27.7. The van der Waals surface area contributed by atoms with Crippen molar-refractivity contribution in [2.45, 2.75) is 58.9 Å². The van der Waals surface area contributed by atoms with Crippen molar-refractivity contribution in [2.24, 2.45) is 11.0 Å². The summed E-state index contributed by atoms with van der Waals surface area (Å²) >= 11 is 0. The normalized spacial score (nSPS) is 18.7. The van der Waals surface area contributed by atoms with Crippen molar-refractivity contribution in [1.82, 2.24) is 9.91 Å². The monoisotopic (exact) mass is 431 g/mol. The number of nitrogens with zero attached hydrogens (tertiary/aromatic N) is 3. The van der Waals surface area contributed by atoms with Gasteiger partial charge in [-0.3, -0.25) is 9.59 Å². The molecule has 1 unspecified atom stereocenters. The van der Waals surface area contributed by atoms with Crippen molar-refractivity contribution >= 4 is 17.5 Å². The van der Waals surface area contributed by atoms with Gasteiger partial charge in [0, 0.05) is 19.4 Å². The van der Waals surface area contributed by atoms with E-state index in [9.17, 15) is 9.59 Å². The van der Waals surface area contributed by atoms with Gasteiger partial charge < -0.3 is 4.90 Å². The molecule has 0 N–H and O–H groups in total. The van der Waals surface area contributed by atoms with Gasteiger partial charge >= 0.3 is 0 Å². The summed E-state index contributed by atoms with van der Waals surface area (Å²) in [6.07, 6.45) is 4.73. The van der Waals surface area contributed by atoms with Crippen molar-refractivity contribution in [3.05, 3.63) is 70.3 Å². The molecule has 2 aromatic rings. The van der Waals surface area contributed by atoms with Gasteiger partial charge in [0.25, 0.3) is 5.91 Å². The Morgan fingerprint density at radius 3 is 2.34 bits per heavy atom. The van der Waals surface area contributed by atoms with Crippen LogP contribution in [-0.4, -0.2) is 41.0 Å². The third-order valence-electron chi connectivity index (χ3n) is 6.92. The van der Waals surface area contributed by atoms with Crippen LogP contribution in [-0.2, 0) is 9.59 Å². The third kappa shape index (κ3) is 4.62. The second-order valence-corrected chi connectivity index (χ2v) is 9.39. The fraction of sp³-hybridized carbons (Fsp3) is 0.444. The summed E-state index contributed by atoms with van der Waals surface area (Å²) in [5.41, 5.74) is 6.66. The Labute approximate surface area is 191 Å². The standard InChI is InChI=1S/C27H33N3O2/c1-18-9-12-21(13-10-18)25-16-24(23-14-11-19(2)20(3)15-23)28-30(25)26(31)17-29(4)27(32)22-7-5-6-8-22/h9-15,22,25H,5-8,16-17H2,1-4H3. The van der Waals surface area contributed by atoms with Crippen LogP contribution in [0.25, 0.3) is 0 Å². The van der Waals surface area contributed by atoms with Crippen molar-refractivity contribution in [1.29, 1.82) is 0 Å². The molecular weight excluding hydrogens is 398 g/mol. The van der Waals surface area contributed by atoms with E-state index in [4.69, 9.17) is 5.10 Å². The van der Waals surface area contributed by atoms with Crippen molar-refractivity contribution < 1.29 is 9.59 Å². The van der Waals surface area contributed by atoms with Crippen LogP contribution in [0.15, 0.2) is 47.6 Å². The van der Waals surface area contributed by atoms with E-state index in [1.165, 1.54) is 16.7 Å². The fourth-order valence-electron chi connectivity index (χ4n) is 4.72. The lowest BCUT2D eigenvalue weighted by atomic mass is 9.96. The second kappa shape index (κ2) is 9.27. The van der Waals surface area contributed by atoms with E-state index in [1.807, 2.05) is 0 Å². The highest BCUT2D eigenvalue weighted by Gasteiger charge is 2.35. The fourth-order valence-corrected chi connectivity index (χ4v) is 4.72. The van der Waals surface area contributed by atoms with Gasteiger partial charge in [-0.1, -0.05) is 54.8 Å². The van der Waals surface area contributed by atoms with Gasteiger partial charge in [-0.15, -0.1) is 0 Å². The van der Waals surface area contributed by atoms with Gasteiger partial charge in [0.15, 0.2) is 0 Å². The van der Waals surface area contributed by atoms with Crippen LogP contribution in [0.4, 0.5) is 0 Å². The predicted molar refractivity (Wildman–Crippen MR) is 127 cm³/mol. The maximum atomic E-state index is 13.3. The van der Waals surface area contributed by atoms with E-state index in [-0.39, 0.29) is 30.3 Å². The Balaban J connectivity index is 1.58. The molecule has 1 aliphatic carbocycles. The predicted octanol–water partition coefficient (Wildman–Crippen LogP) is 4.94. The van der Waals surface area contributed by atoms with Crippen LogP contribution < -0.4 is 0 Å². The Kier molecular flexibility index (Phi) is 6.45. The van der Waals surface area contributed by atoms with Crippen LogP contribution in [0.3, 0.4) is 0 Å². The van der Waals surface area contributed by atoms with Crippen LogP contribution in [0.1, 0.15) is 66.0 Å². The highest BCUT2D eigenvalue weighted by Crippen LogP contribution is 2.34. The molecule has 2 aromatic carbocycles. The Bertz CT molecular complexity index is 1040. The molecule has 0 saturated heterocycles. The molecule has 0 radical (unpaired) electrons. The number of likely N-dealkylation sites (N-methyl/N-ethyl adjacent to an activating group) is 1. The zero-order valence-electron chi connectivity index (χ0n) is 19.6. The van der Waals surface area contributed by atoms with Crippen LogP contribution in [0, 0.1) is 26.7 Å². The molecule has 1 atom stereocenters. The number of benzene rings is 2. The summed E-state index contributed by atoms with van der Waals surface area (Å²) in [5.74, 6) is 0.0115. The maximum absolute atomic E-state index is 13.3. The molecule has 1 aliphatic heterocycles. The SMILES string of the molecule is Cc1ccc(C2CC(c3ccc(C)c(C)c3)=NN2C(=O)CN(C)C(=O)C2CCCC2)cc1. The third-order valence-corrected chi connectivity index (χ3v) is 6.92. The van der Waals surface area contributed by atoms with Crippen LogP contribution in [0.5, 0.6) is 0 Å². The number of amides is 2. The average Bonchev–Trinajstić information content (AvgIpc) is 3.46. The van der Waals surface area contributed by atoms with E-state index in [0.717, 1.165) is 42.5 Å². The lowest BCUT2D eigenvalue weighted by molar-refractivity contribution is -0.142. The number of carbonyl (C=O) groups excluding carboxylic acids is 2. The molecule has 2 amide bonds. The van der Waals surface area contributed by atoms with Gasteiger partial charge in [0.05, 0.1) is 11.8 Å². The molecule has 1 saturated carbocycles. The van der Waals surface area contributed by atoms with Gasteiger partial charge in [0.1, 0.15) is 6.54 Å². The number of aryl methyl sites for hydroxylation is 3. The first-order chi connectivity index (χ1) is 15.3. The summed E-state index contributed by atoms with van der Waals surface area (Å²) in [6, 6.07) is 14.5. The topological polar surface area (TPSA) is 53.0 Å². The lowest BCUT2D eigenvalue weighted by Gasteiger charge is -2.26. The Morgan fingerprint density at radius 2 is 1.69 bits per heavy atom. The van der Waals surface area contributed by atoms with Crippen molar-refractivity contribution in [3.63, 3.8) is 0 Å². The molecule has 5 nitrogen and oxygen atoms in total. The number of rotatable bonds is 5. The summed E-state index contributed by atoms with van der Waals surface area (Å²) in [5, 5.41) is 6.39. The Hall–Kier alpha value is -2.95. The minimum atomic E-state index is -0.158. The molecule has 168 valence electrons. The molecule has 2 aliphatic rings. The molecule has 0 bridgehead atoms. The minimum Gasteiger partial charge on any atom is -0.336 e. The first-order valence-corrected chi connectivity index (χ1v) is 11.6. The summed E-state index contributed by atoms with van der Waals surface area (Å²) < 4.78 is 0. The average molecular weight is 432 g/mol. The van der Waals surface area contributed by atoms with E-state index in [2.05, 4.69) is 63.2 Å². The number of hydrogen-bond acceptors (Lipinski definition) is 3. The summed E-state index contributed by atoms with van der Waals surface area (Å²) in [7, 11) is 1.74. The summed E-state index contributed by atoms with van der Waals surface area (Å²) in [6.45, 7) is 6.30. The molecule has 5 heteroatoms. The first-order valence-electron chi connectivity index (χ1n) is 11.6. The van der Waals surface area contributed by atoms with Crippen molar-refractivity contribution in [3.8, 4) is 0 Å². The zero-order valence-corrected chi connectivity index (χ0v) is 19.6. The zero-order chi connectivity index (χ0) is 22.8. The van der Waals surface area contributed by atoms with Crippen molar-refractivity contribution in [2.75, 3.05) is 13.6 Å². The quantitative estimate of drug-likeness (QED) is 0.673. The molecule has 0 spiro atoms. The van der Waals surface area contributed by atoms with Gasteiger partial charge in [-0.2, -0.15) is 5.10 Å². The van der Waals surface area contributed by atoms with Crippen LogP contribution >= 0.6 is 0 Å². The van der Waals surface area contributed by atoms with Gasteiger partial charge in [-0.05, 0) is 61.9 Å². The number of hydrogen-bond donors (Lipinski definition) is 0. The van der Waals surface area contributed by atoms with Gasteiger partial charge in [0.2, 0.25) is 5.91 Å². The highest BCUT2D eigenvalue weighted by molar-refractivity contribution is 6.03. The van der Waals surface area contributed by atoms with E-state index >= 15 is 0 Å². The largest absolute Gasteiger partial charge is 0.336 e. The molecule has 0 aromatic heterocycles. The van der Waals surface area contributed by atoms with E-state index in [0.29, 0.717) is 6.42 Å². The molecule has 1 heterocycles.